The first-order valence-electron chi connectivity index (χ1n) is 10.0. The number of aromatic hydroxyl groups is 1. The van der Waals surface area contributed by atoms with Crippen molar-refractivity contribution in [2.75, 3.05) is 25.2 Å². The Hall–Kier alpha value is -2.84. The van der Waals surface area contributed by atoms with Gasteiger partial charge in [-0.1, -0.05) is 40.4 Å². The van der Waals surface area contributed by atoms with Crippen molar-refractivity contribution in [2.45, 2.75) is 22.7 Å². The predicted molar refractivity (Wildman–Crippen MR) is 127 cm³/mol. The zero-order chi connectivity index (χ0) is 24.5. The lowest BCUT2D eigenvalue weighted by molar-refractivity contribution is -0.157. The number of oxime groups is 1. The molecule has 2 amide bonds. The number of carboxylic acid groups (broad SMARTS) is 1. The highest BCUT2D eigenvalue weighted by Crippen LogP contribution is 2.44. The lowest BCUT2D eigenvalue weighted by Crippen LogP contribution is -2.74. The van der Waals surface area contributed by atoms with E-state index in [9.17, 15) is 24.6 Å². The van der Waals surface area contributed by atoms with E-state index >= 15 is 0 Å². The molecule has 1 aromatic heterocycles. The van der Waals surface area contributed by atoms with Crippen molar-refractivity contribution in [2.24, 2.45) is 10.6 Å². The molecule has 0 saturated carbocycles. The van der Waals surface area contributed by atoms with Gasteiger partial charge in [0.2, 0.25) is 5.91 Å². The maximum absolute atomic E-state index is 12.9. The molecule has 4 rings (SSSR count). The van der Waals surface area contributed by atoms with Crippen LogP contribution in [0, 0.1) is 12.3 Å². The summed E-state index contributed by atoms with van der Waals surface area (Å²) < 4.78 is 0.683. The first-order chi connectivity index (χ1) is 16.2. The number of aryl methyl sites for hydroxylation is 1. The fraction of sp³-hybridized carbons (Fsp3) is 0.400. The highest BCUT2D eigenvalue weighted by molar-refractivity contribution is 8.01. The van der Waals surface area contributed by atoms with E-state index in [-0.39, 0.29) is 40.8 Å². The first kappa shape index (κ1) is 24.3. The Bertz CT molecular complexity index is 1160. The molecule has 3 atom stereocenters. The first-order valence-corrected chi connectivity index (χ1v) is 12.9. The average molecular weight is 524 g/mol. The molecule has 0 spiro atoms. The summed E-state index contributed by atoms with van der Waals surface area (Å²) in [6.45, 7) is 1.87. The molecule has 1 aromatic carbocycles. The van der Waals surface area contributed by atoms with E-state index < -0.39 is 23.3 Å². The Morgan fingerprint density at radius 2 is 2.21 bits per heavy atom. The van der Waals surface area contributed by atoms with Gasteiger partial charge in [0.1, 0.15) is 34.7 Å². The molecule has 0 aliphatic carbocycles. The SMILES string of the molecule is CON=C(C(=O)NC1C(=O)N2CC(CSc3nnc(C)s3)(C(=O)O)CS[C@H]12)c1cccc(O)c1. The van der Waals surface area contributed by atoms with Gasteiger partial charge in [-0.2, -0.15) is 0 Å². The van der Waals surface area contributed by atoms with Crippen molar-refractivity contribution in [1.82, 2.24) is 20.4 Å². The minimum atomic E-state index is -1.14. The van der Waals surface area contributed by atoms with Gasteiger partial charge in [0.15, 0.2) is 10.1 Å². The summed E-state index contributed by atoms with van der Waals surface area (Å²) in [5, 5.41) is 34.5. The largest absolute Gasteiger partial charge is 0.508 e. The van der Waals surface area contributed by atoms with E-state index in [0.717, 1.165) is 5.01 Å². The molecule has 2 saturated heterocycles. The maximum atomic E-state index is 12.9. The van der Waals surface area contributed by atoms with Crippen molar-refractivity contribution in [3.05, 3.63) is 34.8 Å². The molecule has 14 heteroatoms. The molecule has 34 heavy (non-hydrogen) atoms. The summed E-state index contributed by atoms with van der Waals surface area (Å²) >= 11 is 4.03. The van der Waals surface area contributed by atoms with Crippen LogP contribution in [0.15, 0.2) is 33.8 Å². The summed E-state index contributed by atoms with van der Waals surface area (Å²) in [7, 11) is 1.29. The molecule has 11 nitrogen and oxygen atoms in total. The van der Waals surface area contributed by atoms with Crippen molar-refractivity contribution >= 4 is 58.4 Å². The van der Waals surface area contributed by atoms with Crippen LogP contribution in [0.2, 0.25) is 0 Å². The van der Waals surface area contributed by atoms with Crippen LogP contribution in [0.25, 0.3) is 0 Å². The molecule has 2 aliphatic rings. The van der Waals surface area contributed by atoms with E-state index in [1.807, 2.05) is 6.92 Å². The molecule has 3 N–H and O–H groups in total. The molecule has 180 valence electrons. The fourth-order valence-electron chi connectivity index (χ4n) is 3.62. The lowest BCUT2D eigenvalue weighted by Gasteiger charge is -2.53. The number of hydrogen-bond donors (Lipinski definition) is 3. The number of aliphatic carboxylic acids is 1. The van der Waals surface area contributed by atoms with Crippen LogP contribution in [0.1, 0.15) is 10.6 Å². The minimum absolute atomic E-state index is 0.0432. The van der Waals surface area contributed by atoms with Crippen LogP contribution < -0.4 is 5.32 Å². The average Bonchev–Trinajstić information content (AvgIpc) is 3.24. The molecule has 0 bridgehead atoms. The van der Waals surface area contributed by atoms with Crippen LogP contribution in [0.5, 0.6) is 5.75 Å². The smallest absolute Gasteiger partial charge is 0.313 e. The predicted octanol–water partition coefficient (Wildman–Crippen LogP) is 1.17. The lowest BCUT2D eigenvalue weighted by atomic mass is 9.89. The van der Waals surface area contributed by atoms with Gasteiger partial charge in [0, 0.05) is 23.6 Å². The highest BCUT2D eigenvalue weighted by atomic mass is 32.2. The number of hydrogen-bond acceptors (Lipinski definition) is 11. The molecular weight excluding hydrogens is 502 g/mol. The van der Waals surface area contributed by atoms with Crippen LogP contribution >= 0.6 is 34.9 Å². The van der Waals surface area contributed by atoms with Crippen LogP contribution in [-0.2, 0) is 19.2 Å². The standard InChI is InChI=1S/C20H21N5O6S3/c1-10-22-23-19(34-10)33-9-20(18(29)30)7-25-16(28)14(17(25)32-8-20)21-15(27)13(24-31-2)11-4-3-5-12(26)6-11/h3-6,14,17,26H,7-9H2,1-2H3,(H,21,27)(H,29,30)/t14?,17-,20?/m1/s1. The van der Waals surface area contributed by atoms with Gasteiger partial charge in [-0.25, -0.2) is 0 Å². The van der Waals surface area contributed by atoms with E-state index in [2.05, 4.69) is 20.7 Å². The number of thioether (sulfide) groups is 2. The third kappa shape index (κ3) is 4.70. The van der Waals surface area contributed by atoms with Crippen LogP contribution in [0.4, 0.5) is 0 Å². The molecule has 2 fully saturated rings. The zero-order valence-electron chi connectivity index (χ0n) is 18.1. The maximum Gasteiger partial charge on any atom is 0.313 e. The van der Waals surface area contributed by atoms with Crippen LogP contribution in [-0.4, -0.2) is 85.4 Å². The number of phenols is 1. The number of rotatable bonds is 8. The molecule has 3 heterocycles. The second-order valence-corrected chi connectivity index (χ2v) is 11.3. The Balaban J connectivity index is 1.43. The third-order valence-electron chi connectivity index (χ3n) is 5.38. The van der Waals surface area contributed by atoms with Gasteiger partial charge in [-0.3, -0.25) is 14.4 Å². The number of benzene rings is 1. The van der Waals surface area contributed by atoms with Crippen molar-refractivity contribution < 1.29 is 29.4 Å². The number of carboxylic acids is 1. The van der Waals surface area contributed by atoms with Crippen molar-refractivity contribution in [1.29, 1.82) is 0 Å². The highest BCUT2D eigenvalue weighted by Gasteiger charge is 2.57. The number of β-lactam (4-membered cyclic amide) rings is 1. The van der Waals surface area contributed by atoms with E-state index in [1.165, 1.54) is 59.0 Å². The third-order valence-corrected chi connectivity index (χ3v) is 9.23. The number of carbonyl (C=O) groups excluding carboxylic acids is 2. The van der Waals surface area contributed by atoms with Crippen molar-refractivity contribution in [3.8, 4) is 5.75 Å². The van der Waals surface area contributed by atoms with E-state index in [4.69, 9.17) is 4.84 Å². The van der Waals surface area contributed by atoms with Gasteiger partial charge in [0.05, 0.1) is 0 Å². The van der Waals surface area contributed by atoms with E-state index in [1.54, 1.807) is 12.1 Å². The number of fused-ring (bicyclic) bond motifs is 1. The minimum Gasteiger partial charge on any atom is -0.508 e. The summed E-state index contributed by atoms with van der Waals surface area (Å²) in [6.07, 6.45) is 0. The topological polar surface area (TPSA) is 154 Å². The number of aromatic nitrogens is 2. The zero-order valence-corrected chi connectivity index (χ0v) is 20.6. The Morgan fingerprint density at radius 3 is 2.85 bits per heavy atom. The summed E-state index contributed by atoms with van der Waals surface area (Å²) in [4.78, 5) is 44.2. The van der Waals surface area contributed by atoms with Gasteiger partial charge in [-0.05, 0) is 19.1 Å². The summed E-state index contributed by atoms with van der Waals surface area (Å²) in [5.74, 6) is -1.50. The molecule has 2 aromatic rings. The Morgan fingerprint density at radius 1 is 1.41 bits per heavy atom. The summed E-state index contributed by atoms with van der Waals surface area (Å²) in [6, 6.07) is 5.14. The number of phenolic OH excluding ortho intramolecular Hbond substituents is 1. The second kappa shape index (κ2) is 9.80. The monoisotopic (exact) mass is 523 g/mol. The van der Waals surface area contributed by atoms with Crippen LogP contribution in [0.3, 0.4) is 0 Å². The Labute approximate surface area is 206 Å². The van der Waals surface area contributed by atoms with Gasteiger partial charge in [-0.15, -0.1) is 22.0 Å². The quantitative estimate of drug-likeness (QED) is 0.199. The molecule has 2 unspecified atom stereocenters. The fourth-order valence-corrected chi connectivity index (χ4v) is 7.30. The van der Waals surface area contributed by atoms with E-state index in [0.29, 0.717) is 9.90 Å². The molecule has 0 radical (unpaired) electrons. The molecular formula is C20H21N5O6S3. The number of amides is 2. The number of carbonyl (C=O) groups is 3. The Kier molecular flexibility index (Phi) is 7.00. The van der Waals surface area contributed by atoms with Gasteiger partial charge in [0.25, 0.3) is 5.91 Å². The van der Waals surface area contributed by atoms with Gasteiger partial charge < -0.3 is 25.3 Å². The second-order valence-electron chi connectivity index (χ2n) is 7.75. The molecule has 2 aliphatic heterocycles. The normalized spacial score (nSPS) is 24.2. The number of nitrogens with zero attached hydrogens (tertiary/aromatic N) is 4. The number of nitrogens with one attached hydrogen (secondary N) is 1. The van der Waals surface area contributed by atoms with Gasteiger partial charge >= 0.3 is 5.97 Å². The van der Waals surface area contributed by atoms with Crippen molar-refractivity contribution in [3.63, 3.8) is 0 Å². The summed E-state index contributed by atoms with van der Waals surface area (Å²) in [5.41, 5.74) is -0.900.